The van der Waals surface area contributed by atoms with Crippen LogP contribution in [0.1, 0.15) is 16.1 Å². The maximum absolute atomic E-state index is 14.1. The first-order valence-corrected chi connectivity index (χ1v) is 9.71. The molecule has 2 heterocycles. The van der Waals surface area contributed by atoms with E-state index in [9.17, 15) is 14.0 Å². The van der Waals surface area contributed by atoms with E-state index < -0.39 is 17.5 Å². The molecule has 2 aromatic carbocycles. The highest BCUT2D eigenvalue weighted by Crippen LogP contribution is 2.29. The third kappa shape index (κ3) is 3.71. The molecule has 0 saturated heterocycles. The molecule has 144 valence electrons. The summed E-state index contributed by atoms with van der Waals surface area (Å²) in [5.74, 6) is -2.27. The molecule has 0 aliphatic carbocycles. The van der Waals surface area contributed by atoms with Crippen molar-refractivity contribution >= 4 is 38.8 Å². The van der Waals surface area contributed by atoms with Crippen molar-refractivity contribution in [2.24, 2.45) is 0 Å². The summed E-state index contributed by atoms with van der Waals surface area (Å²) in [6.07, 6.45) is 1.73. The van der Waals surface area contributed by atoms with Gasteiger partial charge in [0.05, 0.1) is 5.69 Å². The van der Waals surface area contributed by atoms with Crippen molar-refractivity contribution in [1.82, 2.24) is 4.40 Å². The van der Waals surface area contributed by atoms with Crippen LogP contribution in [0.5, 0.6) is 0 Å². The van der Waals surface area contributed by atoms with Gasteiger partial charge < -0.3 is 9.72 Å². The summed E-state index contributed by atoms with van der Waals surface area (Å²) in [7, 11) is 0. The van der Waals surface area contributed by atoms with Gasteiger partial charge in [-0.2, -0.15) is 0 Å². The molecule has 0 bridgehead atoms. The Morgan fingerprint density at radius 1 is 1.00 bits per heavy atom. The Morgan fingerprint density at radius 2 is 1.76 bits per heavy atom. The highest BCUT2D eigenvalue weighted by molar-refractivity contribution is 9.10. The molecule has 0 aliphatic heterocycles. The average molecular weight is 451 g/mol. The number of halogens is 2. The van der Waals surface area contributed by atoms with E-state index in [2.05, 4.69) is 21.2 Å². The molecular formula is C23H16BrFN2O2. The largest absolute Gasteiger partial charge is 0.317 e. The smallest absolute Gasteiger partial charge is 0.298 e. The van der Waals surface area contributed by atoms with E-state index in [1.165, 1.54) is 12.1 Å². The molecule has 4 nitrogen and oxygen atoms in total. The fourth-order valence-corrected chi connectivity index (χ4v) is 3.52. The molecule has 0 saturated carbocycles. The number of carbonyl (C=O) groups excluding carboxylic acids is 2. The number of benzene rings is 2. The number of carbonyl (C=O) groups is 2. The van der Waals surface area contributed by atoms with Crippen molar-refractivity contribution in [1.29, 1.82) is 0 Å². The Balaban J connectivity index is 1.77. The Bertz CT molecular complexity index is 1250. The molecule has 4 rings (SSSR count). The minimum Gasteiger partial charge on any atom is -0.317 e. The zero-order valence-electron chi connectivity index (χ0n) is 15.4. The number of hydrogen-bond acceptors (Lipinski definition) is 2. The van der Waals surface area contributed by atoms with Crippen LogP contribution in [0.4, 0.5) is 10.1 Å². The summed E-state index contributed by atoms with van der Waals surface area (Å²) in [6, 6.07) is 19.3. The van der Waals surface area contributed by atoms with Gasteiger partial charge in [-0.25, -0.2) is 4.39 Å². The van der Waals surface area contributed by atoms with Gasteiger partial charge in [-0.15, -0.1) is 0 Å². The second-order valence-corrected chi connectivity index (χ2v) is 7.59. The summed E-state index contributed by atoms with van der Waals surface area (Å²) >= 11 is 3.17. The number of fused-ring (bicyclic) bond motifs is 1. The van der Waals surface area contributed by atoms with Gasteiger partial charge in [-0.1, -0.05) is 51.8 Å². The number of ketones is 1. The van der Waals surface area contributed by atoms with Crippen LogP contribution < -0.4 is 5.32 Å². The van der Waals surface area contributed by atoms with E-state index in [0.29, 0.717) is 10.0 Å². The monoisotopic (exact) mass is 450 g/mol. The third-order valence-electron chi connectivity index (χ3n) is 4.64. The van der Waals surface area contributed by atoms with Crippen LogP contribution in [-0.4, -0.2) is 16.1 Å². The Morgan fingerprint density at radius 3 is 2.48 bits per heavy atom. The second-order valence-electron chi connectivity index (χ2n) is 6.68. The topological polar surface area (TPSA) is 50.6 Å². The van der Waals surface area contributed by atoms with E-state index in [0.717, 1.165) is 16.6 Å². The first-order chi connectivity index (χ1) is 13.9. The van der Waals surface area contributed by atoms with Crippen molar-refractivity contribution in [3.8, 4) is 11.1 Å². The number of aryl methyl sites for hydroxylation is 1. The normalized spacial score (nSPS) is 10.9. The fraction of sp³-hybridized carbons (Fsp3) is 0.0435. The predicted octanol–water partition coefficient (Wildman–Crippen LogP) is 5.64. The number of nitrogens with one attached hydrogen (secondary N) is 1. The maximum Gasteiger partial charge on any atom is 0.298 e. The van der Waals surface area contributed by atoms with Crippen molar-refractivity contribution in [3.63, 3.8) is 0 Å². The molecule has 0 aliphatic rings. The summed E-state index contributed by atoms with van der Waals surface area (Å²) in [4.78, 5) is 25.8. The molecule has 0 spiro atoms. The predicted molar refractivity (Wildman–Crippen MR) is 115 cm³/mol. The van der Waals surface area contributed by atoms with Gasteiger partial charge in [0.15, 0.2) is 0 Å². The zero-order chi connectivity index (χ0) is 20.5. The first-order valence-electron chi connectivity index (χ1n) is 8.92. The van der Waals surface area contributed by atoms with Crippen molar-refractivity contribution in [2.45, 2.75) is 6.92 Å². The number of rotatable bonds is 4. The van der Waals surface area contributed by atoms with Crippen LogP contribution in [-0.2, 0) is 4.79 Å². The molecule has 1 N–H and O–H groups in total. The minimum absolute atomic E-state index is 0.0516. The van der Waals surface area contributed by atoms with Gasteiger partial charge in [0.2, 0.25) is 0 Å². The summed E-state index contributed by atoms with van der Waals surface area (Å²) in [5.41, 5.74) is 3.53. The number of aromatic nitrogens is 1. The van der Waals surface area contributed by atoms with Crippen LogP contribution >= 0.6 is 15.9 Å². The number of pyridine rings is 1. The lowest BCUT2D eigenvalue weighted by molar-refractivity contribution is -0.112. The summed E-state index contributed by atoms with van der Waals surface area (Å²) in [5, 5.41) is 2.38. The van der Waals surface area contributed by atoms with Crippen molar-refractivity contribution in [3.05, 3.63) is 94.5 Å². The van der Waals surface area contributed by atoms with E-state index in [-0.39, 0.29) is 11.4 Å². The molecule has 0 unspecified atom stereocenters. The SMILES string of the molecule is Cc1ccc(-c2cc3ccccn3c2C(=O)C(=O)Nc2ccc(Br)cc2F)cc1. The molecule has 0 radical (unpaired) electrons. The molecule has 0 atom stereocenters. The lowest BCUT2D eigenvalue weighted by Crippen LogP contribution is -2.25. The minimum atomic E-state index is -0.900. The Labute approximate surface area is 175 Å². The van der Waals surface area contributed by atoms with Gasteiger partial charge >= 0.3 is 0 Å². The molecular weight excluding hydrogens is 435 g/mol. The van der Waals surface area contributed by atoms with E-state index in [4.69, 9.17) is 0 Å². The quantitative estimate of drug-likeness (QED) is 0.323. The van der Waals surface area contributed by atoms with Crippen molar-refractivity contribution in [2.75, 3.05) is 5.32 Å². The Hall–Kier alpha value is -3.25. The fourth-order valence-electron chi connectivity index (χ4n) is 3.19. The summed E-state index contributed by atoms with van der Waals surface area (Å²) < 4.78 is 16.3. The van der Waals surface area contributed by atoms with E-state index in [1.807, 2.05) is 49.4 Å². The van der Waals surface area contributed by atoms with Gasteiger partial charge in [0, 0.05) is 21.7 Å². The number of hydrogen-bond donors (Lipinski definition) is 1. The lowest BCUT2D eigenvalue weighted by Gasteiger charge is -2.09. The zero-order valence-corrected chi connectivity index (χ0v) is 17.0. The molecule has 4 aromatic rings. The molecule has 2 aromatic heterocycles. The van der Waals surface area contributed by atoms with Gasteiger partial charge in [-0.05, 0) is 48.9 Å². The van der Waals surface area contributed by atoms with Crippen LogP contribution in [0, 0.1) is 12.7 Å². The van der Waals surface area contributed by atoms with Gasteiger partial charge in [-0.3, -0.25) is 9.59 Å². The second kappa shape index (κ2) is 7.64. The number of Topliss-reactive ketones (excluding diaryl/α,β-unsaturated/α-hetero) is 1. The summed E-state index contributed by atoms with van der Waals surface area (Å²) in [6.45, 7) is 1.98. The highest BCUT2D eigenvalue weighted by atomic mass is 79.9. The highest BCUT2D eigenvalue weighted by Gasteiger charge is 2.25. The molecule has 6 heteroatoms. The number of anilines is 1. The molecule has 1 amide bonds. The van der Waals surface area contributed by atoms with E-state index in [1.54, 1.807) is 22.7 Å². The van der Waals surface area contributed by atoms with E-state index >= 15 is 0 Å². The lowest BCUT2D eigenvalue weighted by atomic mass is 10.0. The number of amides is 1. The van der Waals surface area contributed by atoms with Crippen LogP contribution in [0.15, 0.2) is 77.4 Å². The molecule has 29 heavy (non-hydrogen) atoms. The average Bonchev–Trinajstić information content (AvgIpc) is 3.09. The molecule has 0 fully saturated rings. The number of nitrogens with zero attached hydrogens (tertiary/aromatic N) is 1. The van der Waals surface area contributed by atoms with Crippen molar-refractivity contribution < 1.29 is 14.0 Å². The first kappa shape index (κ1) is 19.1. The van der Waals surface area contributed by atoms with Crippen LogP contribution in [0.25, 0.3) is 16.6 Å². The van der Waals surface area contributed by atoms with Gasteiger partial charge in [0.1, 0.15) is 11.5 Å². The third-order valence-corrected chi connectivity index (χ3v) is 5.14. The Kier molecular flexibility index (Phi) is 5.03. The van der Waals surface area contributed by atoms with Gasteiger partial charge in [0.25, 0.3) is 11.7 Å². The van der Waals surface area contributed by atoms with Crippen LogP contribution in [0.3, 0.4) is 0 Å². The van der Waals surface area contributed by atoms with Crippen LogP contribution in [0.2, 0.25) is 0 Å². The maximum atomic E-state index is 14.1. The standard InChI is InChI=1S/C23H16BrFN2O2/c1-14-5-7-15(8-6-14)18-13-17-4-2-3-11-27(17)21(18)22(28)23(29)26-20-10-9-16(24)12-19(20)25/h2-13H,1H3,(H,26,29).